The van der Waals surface area contributed by atoms with Gasteiger partial charge in [-0.05, 0) is 12.1 Å². The standard InChI is InChI=1S/C10H11NO3S2/c1-16(13,14)8-4-2-3-7-10(8)11-9(12)5-6-15-7/h2-4H,5-6H2,1H3,(H,11,12). The molecule has 0 spiro atoms. The zero-order valence-corrected chi connectivity index (χ0v) is 10.3. The molecule has 16 heavy (non-hydrogen) atoms. The Morgan fingerprint density at radius 3 is 2.81 bits per heavy atom. The van der Waals surface area contributed by atoms with Crippen LogP contribution < -0.4 is 5.32 Å². The van der Waals surface area contributed by atoms with Crippen LogP contribution in [0.5, 0.6) is 0 Å². The van der Waals surface area contributed by atoms with Crippen LogP contribution in [0.1, 0.15) is 6.42 Å². The van der Waals surface area contributed by atoms with Crippen molar-refractivity contribution in [3.63, 3.8) is 0 Å². The topological polar surface area (TPSA) is 63.2 Å². The highest BCUT2D eigenvalue weighted by molar-refractivity contribution is 7.99. The van der Waals surface area contributed by atoms with Gasteiger partial charge in [0.15, 0.2) is 9.84 Å². The molecule has 0 saturated carbocycles. The number of sulfone groups is 1. The number of thioether (sulfide) groups is 1. The lowest BCUT2D eigenvalue weighted by Crippen LogP contribution is -2.13. The monoisotopic (exact) mass is 257 g/mol. The number of rotatable bonds is 1. The van der Waals surface area contributed by atoms with Crippen molar-refractivity contribution in [3.8, 4) is 0 Å². The number of hydrogen-bond acceptors (Lipinski definition) is 4. The highest BCUT2D eigenvalue weighted by Crippen LogP contribution is 2.35. The first-order valence-corrected chi connectivity index (χ1v) is 7.62. The molecule has 6 heteroatoms. The van der Waals surface area contributed by atoms with Gasteiger partial charge in [-0.25, -0.2) is 8.42 Å². The first-order valence-electron chi connectivity index (χ1n) is 4.74. The van der Waals surface area contributed by atoms with Crippen molar-refractivity contribution >= 4 is 33.2 Å². The molecule has 1 aromatic carbocycles. The first kappa shape index (κ1) is 11.5. The van der Waals surface area contributed by atoms with Crippen molar-refractivity contribution in [2.24, 2.45) is 0 Å². The molecule has 0 aromatic heterocycles. The van der Waals surface area contributed by atoms with Crippen molar-refractivity contribution in [3.05, 3.63) is 18.2 Å². The van der Waals surface area contributed by atoms with E-state index in [4.69, 9.17) is 0 Å². The summed E-state index contributed by atoms with van der Waals surface area (Å²) in [4.78, 5) is 12.4. The summed E-state index contributed by atoms with van der Waals surface area (Å²) in [7, 11) is -3.31. The largest absolute Gasteiger partial charge is 0.324 e. The van der Waals surface area contributed by atoms with Crippen molar-refractivity contribution in [2.45, 2.75) is 16.2 Å². The normalized spacial score (nSPS) is 16.2. The molecule has 0 saturated heterocycles. The van der Waals surface area contributed by atoms with Gasteiger partial charge in [0.05, 0.1) is 10.6 Å². The van der Waals surface area contributed by atoms with Gasteiger partial charge in [0, 0.05) is 23.3 Å². The number of hydrogen-bond donors (Lipinski definition) is 1. The van der Waals surface area contributed by atoms with Gasteiger partial charge in [0.1, 0.15) is 0 Å². The van der Waals surface area contributed by atoms with Gasteiger partial charge in [0.2, 0.25) is 5.91 Å². The van der Waals surface area contributed by atoms with Gasteiger partial charge >= 0.3 is 0 Å². The third kappa shape index (κ3) is 2.22. The van der Waals surface area contributed by atoms with Crippen LogP contribution in [0.15, 0.2) is 28.0 Å². The van der Waals surface area contributed by atoms with E-state index in [-0.39, 0.29) is 10.8 Å². The number of anilines is 1. The summed E-state index contributed by atoms with van der Waals surface area (Å²) < 4.78 is 23.1. The molecule has 0 aliphatic carbocycles. The smallest absolute Gasteiger partial charge is 0.225 e. The fourth-order valence-corrected chi connectivity index (χ4v) is 3.43. The van der Waals surface area contributed by atoms with Gasteiger partial charge in [-0.1, -0.05) is 6.07 Å². The summed E-state index contributed by atoms with van der Waals surface area (Å²) in [6.45, 7) is 0. The Kier molecular flexibility index (Phi) is 2.94. The van der Waals surface area contributed by atoms with E-state index in [2.05, 4.69) is 5.32 Å². The van der Waals surface area contributed by atoms with E-state index in [0.717, 1.165) is 11.2 Å². The zero-order valence-electron chi connectivity index (χ0n) is 8.69. The summed E-state index contributed by atoms with van der Waals surface area (Å²) in [6.07, 6.45) is 1.55. The molecular weight excluding hydrogens is 246 g/mol. The second-order valence-corrected chi connectivity index (χ2v) is 6.67. The molecule has 1 aliphatic heterocycles. The van der Waals surface area contributed by atoms with Crippen molar-refractivity contribution in [1.29, 1.82) is 0 Å². The molecule has 1 N–H and O–H groups in total. The van der Waals surface area contributed by atoms with Crippen LogP contribution in [0.25, 0.3) is 0 Å². The Labute approximate surface area is 98.3 Å². The van der Waals surface area contributed by atoms with Crippen LogP contribution in [-0.4, -0.2) is 26.3 Å². The van der Waals surface area contributed by atoms with E-state index in [1.54, 1.807) is 6.07 Å². The lowest BCUT2D eigenvalue weighted by molar-refractivity contribution is -0.115. The Morgan fingerprint density at radius 1 is 1.38 bits per heavy atom. The van der Waals surface area contributed by atoms with Gasteiger partial charge in [-0.15, -0.1) is 11.8 Å². The van der Waals surface area contributed by atoms with Crippen LogP contribution >= 0.6 is 11.8 Å². The number of fused-ring (bicyclic) bond motifs is 1. The zero-order chi connectivity index (χ0) is 11.8. The number of nitrogens with one attached hydrogen (secondary N) is 1. The number of carbonyl (C=O) groups excluding carboxylic acids is 1. The molecule has 0 atom stereocenters. The van der Waals surface area contributed by atoms with Crippen molar-refractivity contribution < 1.29 is 13.2 Å². The van der Waals surface area contributed by atoms with Gasteiger partial charge in [-0.2, -0.15) is 0 Å². The van der Waals surface area contributed by atoms with Crippen LogP contribution in [0, 0.1) is 0 Å². The molecular formula is C10H11NO3S2. The molecule has 0 bridgehead atoms. The molecule has 0 unspecified atom stereocenters. The maximum absolute atomic E-state index is 11.6. The first-order chi connectivity index (χ1) is 7.48. The SMILES string of the molecule is CS(=O)(=O)c1cccc2c1NC(=O)CCS2. The number of amides is 1. The lowest BCUT2D eigenvalue weighted by Gasteiger charge is -2.10. The number of para-hydroxylation sites is 1. The molecule has 1 aromatic rings. The van der Waals surface area contributed by atoms with E-state index in [0.29, 0.717) is 17.9 Å². The fourth-order valence-electron chi connectivity index (χ4n) is 1.52. The van der Waals surface area contributed by atoms with Crippen LogP contribution in [0.4, 0.5) is 5.69 Å². The maximum atomic E-state index is 11.6. The highest BCUT2D eigenvalue weighted by Gasteiger charge is 2.20. The molecule has 86 valence electrons. The molecule has 2 rings (SSSR count). The Balaban J connectivity index is 2.62. The lowest BCUT2D eigenvalue weighted by atomic mass is 10.3. The van der Waals surface area contributed by atoms with E-state index in [1.165, 1.54) is 17.8 Å². The Hall–Kier alpha value is -1.01. The Morgan fingerprint density at radius 2 is 2.12 bits per heavy atom. The fraction of sp³-hybridized carbons (Fsp3) is 0.300. The second-order valence-electron chi connectivity index (χ2n) is 3.55. The maximum Gasteiger partial charge on any atom is 0.225 e. The molecule has 4 nitrogen and oxygen atoms in total. The predicted octanol–water partition coefficient (Wildman–Crippen LogP) is 1.52. The summed E-state index contributed by atoms with van der Waals surface area (Å²) in [5.41, 5.74) is 0.428. The number of carbonyl (C=O) groups is 1. The minimum Gasteiger partial charge on any atom is -0.324 e. The minimum atomic E-state index is -3.31. The van der Waals surface area contributed by atoms with E-state index < -0.39 is 9.84 Å². The third-order valence-electron chi connectivity index (χ3n) is 2.24. The summed E-state index contributed by atoms with van der Waals surface area (Å²) in [5, 5.41) is 2.66. The molecule has 1 aliphatic rings. The minimum absolute atomic E-state index is 0.137. The van der Waals surface area contributed by atoms with Crippen LogP contribution in [0.2, 0.25) is 0 Å². The summed E-state index contributed by atoms with van der Waals surface area (Å²) in [5.74, 6) is 0.536. The molecule has 1 amide bonds. The van der Waals surface area contributed by atoms with Gasteiger partial charge < -0.3 is 5.32 Å². The highest BCUT2D eigenvalue weighted by atomic mass is 32.2. The van der Waals surface area contributed by atoms with Crippen LogP contribution in [0.3, 0.4) is 0 Å². The van der Waals surface area contributed by atoms with E-state index >= 15 is 0 Å². The van der Waals surface area contributed by atoms with Gasteiger partial charge in [-0.3, -0.25) is 4.79 Å². The Bertz CT molecular complexity index is 537. The second kappa shape index (κ2) is 4.10. The molecule has 1 heterocycles. The average molecular weight is 257 g/mol. The average Bonchev–Trinajstić information content (AvgIpc) is 2.36. The van der Waals surface area contributed by atoms with Crippen LogP contribution in [-0.2, 0) is 14.6 Å². The van der Waals surface area contributed by atoms with E-state index in [1.807, 2.05) is 6.07 Å². The van der Waals surface area contributed by atoms with Crippen molar-refractivity contribution in [1.82, 2.24) is 0 Å². The van der Waals surface area contributed by atoms with E-state index in [9.17, 15) is 13.2 Å². The molecule has 0 fully saturated rings. The summed E-state index contributed by atoms with van der Waals surface area (Å²) in [6, 6.07) is 5.03. The quantitative estimate of drug-likeness (QED) is 0.828. The predicted molar refractivity (Wildman–Crippen MR) is 63.5 cm³/mol. The van der Waals surface area contributed by atoms with Gasteiger partial charge in [0.25, 0.3) is 0 Å². The van der Waals surface area contributed by atoms with Crippen molar-refractivity contribution in [2.75, 3.05) is 17.3 Å². The number of benzene rings is 1. The third-order valence-corrected chi connectivity index (χ3v) is 4.44. The summed E-state index contributed by atoms with van der Waals surface area (Å²) >= 11 is 1.50. The molecule has 0 radical (unpaired) electrons.